The molecule has 0 radical (unpaired) electrons. The molecule has 0 bridgehead atoms. The number of nitrogens with one attached hydrogen (secondary N) is 1. The molecule has 1 fully saturated rings. The monoisotopic (exact) mass is 285 g/mol. The summed E-state index contributed by atoms with van der Waals surface area (Å²) >= 11 is 1.76. The lowest BCUT2D eigenvalue weighted by atomic mass is 9.99. The number of hydrogen-bond acceptors (Lipinski definition) is 4. The zero-order chi connectivity index (χ0) is 13.8. The van der Waals surface area contributed by atoms with Gasteiger partial charge in [0.15, 0.2) is 0 Å². The van der Waals surface area contributed by atoms with Gasteiger partial charge in [0.05, 0.1) is 0 Å². The van der Waals surface area contributed by atoms with Gasteiger partial charge in [-0.25, -0.2) is 9.97 Å². The minimum Gasteiger partial charge on any atom is -0.316 e. The normalized spacial score (nSPS) is 18.9. The van der Waals surface area contributed by atoms with E-state index in [1.54, 1.807) is 11.8 Å². The van der Waals surface area contributed by atoms with Crippen LogP contribution in [0, 0.1) is 0 Å². The van der Waals surface area contributed by atoms with Crippen molar-refractivity contribution in [3.63, 3.8) is 0 Å². The second kappa shape index (κ2) is 6.37. The highest BCUT2D eigenvalue weighted by Gasteiger charge is 2.17. The van der Waals surface area contributed by atoms with Crippen LogP contribution in [-0.2, 0) is 0 Å². The molecule has 3 rings (SSSR count). The quantitative estimate of drug-likeness (QED) is 0.878. The van der Waals surface area contributed by atoms with E-state index in [0.29, 0.717) is 5.92 Å². The van der Waals surface area contributed by atoms with Crippen LogP contribution in [0.4, 0.5) is 0 Å². The maximum Gasteiger partial charge on any atom is 0.132 e. The van der Waals surface area contributed by atoms with Gasteiger partial charge in [-0.05, 0) is 37.3 Å². The van der Waals surface area contributed by atoms with E-state index in [0.717, 1.165) is 24.5 Å². The van der Waals surface area contributed by atoms with E-state index >= 15 is 0 Å². The summed E-state index contributed by atoms with van der Waals surface area (Å²) in [6, 6.07) is 8.40. The van der Waals surface area contributed by atoms with Crippen LogP contribution in [0.25, 0.3) is 11.1 Å². The van der Waals surface area contributed by atoms with Crippen molar-refractivity contribution in [3.05, 3.63) is 42.5 Å². The van der Waals surface area contributed by atoms with Crippen molar-refractivity contribution in [2.75, 3.05) is 19.3 Å². The van der Waals surface area contributed by atoms with E-state index in [-0.39, 0.29) is 0 Å². The third-order valence-electron chi connectivity index (χ3n) is 3.75. The van der Waals surface area contributed by atoms with Crippen molar-refractivity contribution in [2.45, 2.75) is 23.7 Å². The molecule has 1 atom stereocenters. The predicted octanol–water partition coefficient (Wildman–Crippen LogP) is 3.33. The number of benzene rings is 1. The SMILES string of the molecule is CSc1ccccc1-c1cnc(C2CCCNC2)nc1. The van der Waals surface area contributed by atoms with Crippen molar-refractivity contribution in [1.82, 2.24) is 15.3 Å². The maximum absolute atomic E-state index is 4.59. The molecule has 20 heavy (non-hydrogen) atoms. The van der Waals surface area contributed by atoms with E-state index in [9.17, 15) is 0 Å². The number of rotatable bonds is 3. The highest BCUT2D eigenvalue weighted by molar-refractivity contribution is 7.98. The number of hydrogen-bond donors (Lipinski definition) is 1. The van der Waals surface area contributed by atoms with Crippen LogP contribution < -0.4 is 5.32 Å². The summed E-state index contributed by atoms with van der Waals surface area (Å²) in [5.41, 5.74) is 2.32. The number of thioether (sulfide) groups is 1. The van der Waals surface area contributed by atoms with Gasteiger partial charge in [-0.3, -0.25) is 0 Å². The Kier molecular flexibility index (Phi) is 4.33. The zero-order valence-electron chi connectivity index (χ0n) is 11.7. The van der Waals surface area contributed by atoms with Gasteiger partial charge in [-0.15, -0.1) is 11.8 Å². The highest BCUT2D eigenvalue weighted by atomic mass is 32.2. The minimum atomic E-state index is 0.466. The van der Waals surface area contributed by atoms with Gasteiger partial charge in [0.2, 0.25) is 0 Å². The lowest BCUT2D eigenvalue weighted by molar-refractivity contribution is 0.446. The Bertz CT molecular complexity index is 562. The summed E-state index contributed by atoms with van der Waals surface area (Å²) in [5, 5.41) is 3.41. The van der Waals surface area contributed by atoms with Crippen LogP contribution in [0.3, 0.4) is 0 Å². The van der Waals surface area contributed by atoms with Gasteiger partial charge >= 0.3 is 0 Å². The summed E-state index contributed by atoms with van der Waals surface area (Å²) in [7, 11) is 0. The van der Waals surface area contributed by atoms with Crippen LogP contribution in [0.1, 0.15) is 24.6 Å². The summed E-state index contributed by atoms with van der Waals surface area (Å²) in [6.45, 7) is 2.12. The van der Waals surface area contributed by atoms with E-state index in [1.807, 2.05) is 12.4 Å². The molecule has 2 heterocycles. The largest absolute Gasteiger partial charge is 0.316 e. The highest BCUT2D eigenvalue weighted by Crippen LogP contribution is 2.29. The Morgan fingerprint density at radius 2 is 2.00 bits per heavy atom. The standard InChI is InChI=1S/C16H19N3S/c1-20-15-7-3-2-6-14(15)13-10-18-16(19-11-13)12-5-4-8-17-9-12/h2-3,6-7,10-12,17H,4-5,8-9H2,1H3. The zero-order valence-corrected chi connectivity index (χ0v) is 12.5. The summed E-state index contributed by atoms with van der Waals surface area (Å²) in [6.07, 6.45) is 8.43. The Morgan fingerprint density at radius 1 is 1.20 bits per heavy atom. The number of piperidine rings is 1. The topological polar surface area (TPSA) is 37.8 Å². The van der Waals surface area contributed by atoms with Gasteiger partial charge in [-0.2, -0.15) is 0 Å². The van der Waals surface area contributed by atoms with E-state index in [1.165, 1.54) is 23.3 Å². The first-order valence-electron chi connectivity index (χ1n) is 7.04. The van der Waals surface area contributed by atoms with Crippen molar-refractivity contribution in [1.29, 1.82) is 0 Å². The molecule has 2 aromatic rings. The summed E-state index contributed by atoms with van der Waals surface area (Å²) < 4.78 is 0. The van der Waals surface area contributed by atoms with Crippen molar-refractivity contribution < 1.29 is 0 Å². The average Bonchev–Trinajstić information content (AvgIpc) is 2.56. The molecule has 1 aliphatic rings. The van der Waals surface area contributed by atoms with Crippen LogP contribution in [0.15, 0.2) is 41.6 Å². The fourth-order valence-electron chi connectivity index (χ4n) is 2.64. The van der Waals surface area contributed by atoms with E-state index < -0.39 is 0 Å². The third-order valence-corrected chi connectivity index (χ3v) is 4.55. The van der Waals surface area contributed by atoms with E-state index in [4.69, 9.17) is 0 Å². The lowest BCUT2D eigenvalue weighted by Crippen LogP contribution is -2.29. The second-order valence-corrected chi connectivity index (χ2v) is 5.92. The van der Waals surface area contributed by atoms with Crippen LogP contribution in [0.2, 0.25) is 0 Å². The fourth-order valence-corrected chi connectivity index (χ4v) is 3.26. The molecule has 0 amide bonds. The van der Waals surface area contributed by atoms with Crippen molar-refractivity contribution >= 4 is 11.8 Å². The number of nitrogens with zero attached hydrogens (tertiary/aromatic N) is 2. The van der Waals surface area contributed by atoms with Crippen LogP contribution in [-0.4, -0.2) is 29.3 Å². The molecule has 104 valence electrons. The van der Waals surface area contributed by atoms with Crippen LogP contribution >= 0.6 is 11.8 Å². The molecule has 1 aromatic heterocycles. The first kappa shape index (κ1) is 13.6. The minimum absolute atomic E-state index is 0.466. The summed E-state index contributed by atoms with van der Waals surface area (Å²) in [4.78, 5) is 10.5. The first-order valence-corrected chi connectivity index (χ1v) is 8.27. The second-order valence-electron chi connectivity index (χ2n) is 5.07. The fraction of sp³-hybridized carbons (Fsp3) is 0.375. The Hall–Kier alpha value is -1.39. The molecule has 3 nitrogen and oxygen atoms in total. The predicted molar refractivity (Wildman–Crippen MR) is 84.1 cm³/mol. The molecule has 1 aliphatic heterocycles. The molecular weight excluding hydrogens is 266 g/mol. The molecule has 1 aromatic carbocycles. The van der Waals surface area contributed by atoms with Crippen molar-refractivity contribution in [3.8, 4) is 11.1 Å². The Balaban J connectivity index is 1.85. The Morgan fingerprint density at radius 3 is 2.70 bits per heavy atom. The van der Waals surface area contributed by atoms with Gasteiger partial charge in [0, 0.05) is 35.3 Å². The van der Waals surface area contributed by atoms with Gasteiger partial charge in [-0.1, -0.05) is 18.2 Å². The molecule has 4 heteroatoms. The lowest BCUT2D eigenvalue weighted by Gasteiger charge is -2.21. The van der Waals surface area contributed by atoms with Gasteiger partial charge in [0.25, 0.3) is 0 Å². The maximum atomic E-state index is 4.59. The number of aromatic nitrogens is 2. The Labute approximate surface area is 124 Å². The van der Waals surface area contributed by atoms with Gasteiger partial charge < -0.3 is 5.32 Å². The molecule has 1 unspecified atom stereocenters. The van der Waals surface area contributed by atoms with Gasteiger partial charge in [0.1, 0.15) is 5.82 Å². The smallest absolute Gasteiger partial charge is 0.132 e. The first-order chi connectivity index (χ1) is 9.88. The molecule has 0 aliphatic carbocycles. The molecule has 1 saturated heterocycles. The summed E-state index contributed by atoms with van der Waals surface area (Å²) in [5.74, 6) is 1.44. The molecule has 0 spiro atoms. The molecular formula is C16H19N3S. The van der Waals surface area contributed by atoms with Crippen LogP contribution in [0.5, 0.6) is 0 Å². The molecule has 0 saturated carbocycles. The third kappa shape index (κ3) is 2.86. The average molecular weight is 285 g/mol. The molecule has 1 N–H and O–H groups in total. The van der Waals surface area contributed by atoms with E-state index in [2.05, 4.69) is 45.8 Å². The van der Waals surface area contributed by atoms with Crippen molar-refractivity contribution in [2.24, 2.45) is 0 Å².